The Labute approximate surface area is 49.7 Å². The monoisotopic (exact) mass is 135 g/mol. The van der Waals surface area contributed by atoms with Crippen molar-refractivity contribution < 1.29 is 4.12 Å². The van der Waals surface area contributed by atoms with Crippen LogP contribution in [0.25, 0.3) is 0 Å². The van der Waals surface area contributed by atoms with Crippen LogP contribution in [0.2, 0.25) is 4.34 Å². The van der Waals surface area contributed by atoms with Crippen molar-refractivity contribution >= 4 is 23.1 Å². The molecule has 1 heterocycles. The van der Waals surface area contributed by atoms with Crippen LogP contribution in [0.15, 0.2) is 12.3 Å². The number of hydrogen-bond acceptors (Lipinski definition) is 2. The van der Waals surface area contributed by atoms with E-state index in [1.807, 2.05) is 0 Å². The molecule has 1 aromatic heterocycles. The van der Waals surface area contributed by atoms with Crippen LogP contribution in [0.5, 0.6) is 0 Å². The van der Waals surface area contributed by atoms with Crippen LogP contribution in [-0.2, 0) is 0 Å². The molecule has 38 valence electrons. The molecule has 0 aliphatic carbocycles. The Kier molecular flexibility index (Phi) is 1.17. The Morgan fingerprint density at radius 3 is 2.71 bits per heavy atom. The van der Waals surface area contributed by atoms with Crippen LogP contribution >= 0.6 is 23.1 Å². The van der Waals surface area contributed by atoms with Gasteiger partial charge in [0.2, 0.25) is 0 Å². The summed E-state index contributed by atoms with van der Waals surface area (Å²) in [6.45, 7) is 0. The van der Waals surface area contributed by atoms with Crippen molar-refractivity contribution in [3.8, 4) is 0 Å². The third-order valence-corrected chi connectivity index (χ3v) is 1.45. The molecule has 0 bridgehead atoms. The van der Waals surface area contributed by atoms with E-state index in [2.05, 4.69) is 0 Å². The lowest BCUT2D eigenvalue weighted by Gasteiger charge is -1.77. The summed E-state index contributed by atoms with van der Waals surface area (Å²) in [5, 5.41) is 10.1. The first-order valence-corrected chi connectivity index (χ1v) is 2.79. The number of hydrogen-bond donors (Lipinski definition) is 0. The van der Waals surface area contributed by atoms with Gasteiger partial charge in [0, 0.05) is 6.07 Å². The molecule has 0 saturated heterocycles. The van der Waals surface area contributed by atoms with Gasteiger partial charge in [-0.15, -0.1) is 4.12 Å². The van der Waals surface area contributed by atoms with E-state index in [-0.39, 0.29) is 0 Å². The summed E-state index contributed by atoms with van der Waals surface area (Å²) in [7, 11) is 0. The molecule has 0 aliphatic rings. The van der Waals surface area contributed by atoms with Crippen molar-refractivity contribution in [2.75, 3.05) is 0 Å². The Hall–Kier alpha value is -0.280. The minimum atomic E-state index is 0.523. The van der Waals surface area contributed by atoms with Gasteiger partial charge in [0.15, 0.2) is 22.1 Å². The number of halogens is 1. The fraction of sp³-hybridized carbons (Fsp3) is 0. The van der Waals surface area contributed by atoms with Crippen LogP contribution in [0.1, 0.15) is 0 Å². The van der Waals surface area contributed by atoms with Crippen LogP contribution < -0.4 is 4.12 Å². The van der Waals surface area contributed by atoms with E-state index < -0.39 is 0 Å². The summed E-state index contributed by atoms with van der Waals surface area (Å²) in [5.41, 5.74) is 0. The maximum absolute atomic E-state index is 10.1. The highest BCUT2D eigenvalue weighted by Gasteiger charge is 1.93. The summed E-state index contributed by atoms with van der Waals surface area (Å²) >= 11 is 6.33. The maximum Gasteiger partial charge on any atom is 0.198 e. The Morgan fingerprint density at radius 2 is 2.57 bits per heavy atom. The van der Waals surface area contributed by atoms with Crippen molar-refractivity contribution in [3.63, 3.8) is 0 Å². The molecule has 4 heteroatoms. The van der Waals surface area contributed by atoms with Crippen molar-refractivity contribution in [1.82, 2.24) is 0 Å². The molecular weight excluding hydrogens is 134 g/mol. The topological polar surface area (TPSA) is 26.9 Å². The molecule has 0 radical (unpaired) electrons. The third-order valence-electron chi connectivity index (χ3n) is 0.504. The van der Waals surface area contributed by atoms with Gasteiger partial charge in [0.1, 0.15) is 0 Å². The first-order valence-electron chi connectivity index (χ1n) is 1.64. The van der Waals surface area contributed by atoms with Gasteiger partial charge in [-0.3, -0.25) is 0 Å². The average molecular weight is 136 g/mol. The predicted molar refractivity (Wildman–Crippen MR) is 28.3 cm³/mol. The largest absolute Gasteiger partial charge is 0.606 e. The van der Waals surface area contributed by atoms with Gasteiger partial charge in [-0.2, -0.15) is 0 Å². The fourth-order valence-corrected chi connectivity index (χ4v) is 0.942. The molecule has 0 N–H and O–H groups in total. The summed E-state index contributed by atoms with van der Waals surface area (Å²) < 4.78 is 1.22. The second-order valence-corrected chi connectivity index (χ2v) is 2.61. The molecule has 0 saturated carbocycles. The number of rotatable bonds is 0. The minimum Gasteiger partial charge on any atom is -0.606 e. The fourth-order valence-electron chi connectivity index (χ4n) is 0.266. The summed E-state index contributed by atoms with van der Waals surface area (Å²) in [6.07, 6.45) is 1.37. The molecule has 0 atom stereocenters. The Balaban J connectivity index is 3.04. The molecule has 0 unspecified atom stereocenters. The molecular formula is C3H2ClNOS. The molecule has 7 heavy (non-hydrogen) atoms. The second kappa shape index (κ2) is 1.68. The lowest BCUT2D eigenvalue weighted by molar-refractivity contribution is -0.529. The Morgan fingerprint density at radius 1 is 1.86 bits per heavy atom. The molecule has 1 aromatic rings. The zero-order valence-electron chi connectivity index (χ0n) is 3.30. The molecule has 0 amide bonds. The highest BCUT2D eigenvalue weighted by atomic mass is 35.5. The number of nitrogens with zero attached hydrogens (tertiary/aromatic N) is 1. The van der Waals surface area contributed by atoms with Crippen LogP contribution in [0, 0.1) is 5.21 Å². The number of aromatic nitrogens is 1. The normalized spacial score (nSPS) is 9.29. The van der Waals surface area contributed by atoms with E-state index in [0.717, 1.165) is 11.5 Å². The van der Waals surface area contributed by atoms with Crippen LogP contribution in [0.3, 0.4) is 0 Å². The van der Waals surface area contributed by atoms with Gasteiger partial charge in [0.05, 0.1) is 0 Å². The van der Waals surface area contributed by atoms with E-state index in [1.165, 1.54) is 6.20 Å². The third kappa shape index (κ3) is 1.04. The zero-order valence-corrected chi connectivity index (χ0v) is 4.87. The predicted octanol–water partition coefficient (Wildman–Crippen LogP) is 1.03. The second-order valence-electron chi connectivity index (χ2n) is 0.996. The van der Waals surface area contributed by atoms with E-state index in [0.29, 0.717) is 8.46 Å². The lowest BCUT2D eigenvalue weighted by atomic mass is 10.8. The highest BCUT2D eigenvalue weighted by molar-refractivity contribution is 7.06. The van der Waals surface area contributed by atoms with E-state index in [1.54, 1.807) is 6.07 Å². The average Bonchev–Trinajstić information content (AvgIpc) is 1.87. The van der Waals surface area contributed by atoms with Crippen molar-refractivity contribution in [2.24, 2.45) is 0 Å². The van der Waals surface area contributed by atoms with Crippen LogP contribution in [-0.4, -0.2) is 0 Å². The summed E-state index contributed by atoms with van der Waals surface area (Å²) in [6, 6.07) is 1.55. The summed E-state index contributed by atoms with van der Waals surface area (Å²) in [4.78, 5) is 0. The highest BCUT2D eigenvalue weighted by Crippen LogP contribution is 2.08. The van der Waals surface area contributed by atoms with E-state index in [9.17, 15) is 5.21 Å². The van der Waals surface area contributed by atoms with Crippen molar-refractivity contribution in [2.45, 2.75) is 0 Å². The maximum atomic E-state index is 10.1. The first-order chi connectivity index (χ1) is 3.29. The smallest absolute Gasteiger partial charge is 0.198 e. The quantitative estimate of drug-likeness (QED) is 0.386. The van der Waals surface area contributed by atoms with Gasteiger partial charge >= 0.3 is 0 Å². The summed E-state index contributed by atoms with van der Waals surface area (Å²) in [5.74, 6) is 0. The Bertz CT molecular complexity index is 147. The first kappa shape index (κ1) is 4.87. The van der Waals surface area contributed by atoms with Crippen molar-refractivity contribution in [3.05, 3.63) is 21.8 Å². The van der Waals surface area contributed by atoms with Crippen molar-refractivity contribution in [1.29, 1.82) is 0 Å². The molecule has 2 nitrogen and oxygen atoms in total. The van der Waals surface area contributed by atoms with Gasteiger partial charge in [-0.05, 0) is 0 Å². The van der Waals surface area contributed by atoms with Gasteiger partial charge < -0.3 is 5.21 Å². The van der Waals surface area contributed by atoms with E-state index in [4.69, 9.17) is 11.6 Å². The molecule has 0 spiro atoms. The SMILES string of the molecule is [O-][n+]1ccc(Cl)s1. The van der Waals surface area contributed by atoms with Crippen LogP contribution in [0.4, 0.5) is 0 Å². The lowest BCUT2D eigenvalue weighted by Crippen LogP contribution is -2.15. The van der Waals surface area contributed by atoms with Gasteiger partial charge in [-0.25, -0.2) is 0 Å². The zero-order chi connectivity index (χ0) is 5.28. The molecule has 1 rings (SSSR count). The van der Waals surface area contributed by atoms with Gasteiger partial charge in [-0.1, -0.05) is 11.6 Å². The van der Waals surface area contributed by atoms with E-state index >= 15 is 0 Å². The minimum absolute atomic E-state index is 0.523. The molecule has 0 fully saturated rings. The van der Waals surface area contributed by atoms with Gasteiger partial charge in [0.25, 0.3) is 0 Å². The molecule has 0 aliphatic heterocycles. The molecule has 0 aromatic carbocycles. The standard InChI is InChI=1S/C3H2ClNOS/c4-3-1-2-5(6)7-3/h1-2H.